The van der Waals surface area contributed by atoms with Gasteiger partial charge >= 0.3 is 0 Å². The summed E-state index contributed by atoms with van der Waals surface area (Å²) >= 11 is 0. The van der Waals surface area contributed by atoms with Gasteiger partial charge in [-0.05, 0) is 49.6 Å². The number of nitrogens with zero attached hydrogens (tertiary/aromatic N) is 6. The smallest absolute Gasteiger partial charge is 0.269 e. The van der Waals surface area contributed by atoms with E-state index in [-0.39, 0.29) is 17.5 Å². The van der Waals surface area contributed by atoms with E-state index in [9.17, 15) is 14.9 Å². The van der Waals surface area contributed by atoms with Gasteiger partial charge in [0.25, 0.3) is 5.69 Å². The van der Waals surface area contributed by atoms with Crippen LogP contribution in [0.1, 0.15) is 45.1 Å². The molecule has 3 N–H and O–H groups in total. The van der Waals surface area contributed by atoms with Crippen molar-refractivity contribution in [2.24, 2.45) is 5.10 Å². The molecule has 4 rings (SSSR count). The van der Waals surface area contributed by atoms with Gasteiger partial charge in [-0.2, -0.15) is 20.1 Å². The van der Waals surface area contributed by atoms with Crippen LogP contribution in [0.3, 0.4) is 0 Å². The molecule has 1 aliphatic heterocycles. The molecule has 0 atom stereocenters. The molecular formula is C25H29N9O3. The number of amides is 1. The molecule has 1 amide bonds. The van der Waals surface area contributed by atoms with Crippen LogP contribution >= 0.6 is 0 Å². The molecule has 0 radical (unpaired) electrons. The minimum Gasteiger partial charge on any atom is -0.341 e. The van der Waals surface area contributed by atoms with Crippen LogP contribution in [0.5, 0.6) is 0 Å². The molecule has 2 heterocycles. The number of nitro groups is 1. The summed E-state index contributed by atoms with van der Waals surface area (Å²) < 4.78 is 0. The zero-order chi connectivity index (χ0) is 26.2. The molecule has 192 valence electrons. The lowest BCUT2D eigenvalue weighted by Gasteiger charge is -2.21. The van der Waals surface area contributed by atoms with Crippen LogP contribution in [0.4, 0.5) is 34.9 Å². The van der Waals surface area contributed by atoms with E-state index in [1.807, 2.05) is 31.2 Å². The highest BCUT2D eigenvalue weighted by atomic mass is 16.6. The van der Waals surface area contributed by atoms with E-state index in [0.717, 1.165) is 31.5 Å². The van der Waals surface area contributed by atoms with Crippen molar-refractivity contribution in [2.45, 2.75) is 39.5 Å². The first-order chi connectivity index (χ1) is 17.9. The SMILES string of the molecule is CC(=O)Nc1ccc(/C(C)=N/Nc2nc(Nc3ccc([N+](=O)[O-])cc3)nc(N3CCCCCC3)n2)cc1. The average Bonchev–Trinajstić information content (AvgIpc) is 3.17. The molecule has 0 spiro atoms. The lowest BCUT2D eigenvalue weighted by Crippen LogP contribution is -2.26. The third kappa shape index (κ3) is 7.19. The van der Waals surface area contributed by atoms with E-state index in [1.165, 1.54) is 31.9 Å². The molecule has 0 bridgehead atoms. The van der Waals surface area contributed by atoms with Crippen LogP contribution in [0.25, 0.3) is 0 Å². The maximum Gasteiger partial charge on any atom is 0.269 e. The second-order valence-corrected chi connectivity index (χ2v) is 8.68. The largest absolute Gasteiger partial charge is 0.341 e. The molecule has 12 nitrogen and oxygen atoms in total. The van der Waals surface area contributed by atoms with Crippen LogP contribution in [-0.2, 0) is 4.79 Å². The normalized spacial score (nSPS) is 14.0. The van der Waals surface area contributed by atoms with E-state index < -0.39 is 4.92 Å². The number of carbonyl (C=O) groups is 1. The molecular weight excluding hydrogens is 474 g/mol. The van der Waals surface area contributed by atoms with Gasteiger partial charge in [0.2, 0.25) is 23.8 Å². The van der Waals surface area contributed by atoms with Crippen molar-refractivity contribution in [1.82, 2.24) is 15.0 Å². The standard InChI is InChI=1S/C25H29N9O3/c1-17(19-7-9-20(10-8-19)26-18(2)35)31-32-24-28-23(27-21-11-13-22(14-12-21)34(36)37)29-25(30-24)33-15-5-3-4-6-16-33/h7-14H,3-6,15-16H2,1-2H3,(H,26,35)(H2,27,28,29,30,32)/b31-17+. The summed E-state index contributed by atoms with van der Waals surface area (Å²) in [5.41, 5.74) is 5.83. The third-order valence-corrected chi connectivity index (χ3v) is 5.79. The van der Waals surface area contributed by atoms with Crippen molar-refractivity contribution in [3.8, 4) is 0 Å². The lowest BCUT2D eigenvalue weighted by atomic mass is 10.1. The summed E-state index contributed by atoms with van der Waals surface area (Å²) in [5, 5.41) is 21.3. The second-order valence-electron chi connectivity index (χ2n) is 8.68. The van der Waals surface area contributed by atoms with E-state index in [1.54, 1.807) is 12.1 Å². The lowest BCUT2D eigenvalue weighted by molar-refractivity contribution is -0.384. The Hall–Kier alpha value is -4.61. The van der Waals surface area contributed by atoms with Gasteiger partial charge in [-0.25, -0.2) is 5.43 Å². The number of hydrogen-bond acceptors (Lipinski definition) is 10. The molecule has 0 unspecified atom stereocenters. The number of benzene rings is 2. The minimum atomic E-state index is -0.445. The highest BCUT2D eigenvalue weighted by molar-refractivity contribution is 5.99. The van der Waals surface area contributed by atoms with Gasteiger partial charge in [0, 0.05) is 43.5 Å². The Balaban J connectivity index is 1.56. The van der Waals surface area contributed by atoms with Gasteiger partial charge in [0.15, 0.2) is 0 Å². The topological polar surface area (TPSA) is 151 Å². The zero-order valence-corrected chi connectivity index (χ0v) is 20.8. The number of nitro benzene ring substituents is 1. The van der Waals surface area contributed by atoms with Gasteiger partial charge in [0.05, 0.1) is 10.6 Å². The Morgan fingerprint density at radius 1 is 0.892 bits per heavy atom. The number of hydrogen-bond donors (Lipinski definition) is 3. The zero-order valence-electron chi connectivity index (χ0n) is 20.8. The summed E-state index contributed by atoms with van der Waals surface area (Å²) in [4.78, 5) is 37.6. The molecule has 0 aliphatic carbocycles. The number of rotatable bonds is 8. The number of nitrogens with one attached hydrogen (secondary N) is 3. The Kier molecular flexibility index (Phi) is 8.18. The predicted molar refractivity (Wildman–Crippen MR) is 143 cm³/mol. The van der Waals surface area contributed by atoms with Crippen LogP contribution in [0.15, 0.2) is 53.6 Å². The Labute approximate surface area is 214 Å². The molecule has 1 aromatic heterocycles. The summed E-state index contributed by atoms with van der Waals surface area (Å²) in [7, 11) is 0. The molecule has 1 fully saturated rings. The monoisotopic (exact) mass is 503 g/mol. The van der Waals surface area contributed by atoms with Gasteiger partial charge < -0.3 is 15.5 Å². The summed E-state index contributed by atoms with van der Waals surface area (Å²) in [6.45, 7) is 5.02. The number of anilines is 5. The van der Waals surface area contributed by atoms with E-state index in [4.69, 9.17) is 0 Å². The van der Waals surface area contributed by atoms with Crippen LogP contribution in [0, 0.1) is 10.1 Å². The van der Waals surface area contributed by atoms with Crippen molar-refractivity contribution in [1.29, 1.82) is 0 Å². The molecule has 3 aromatic rings. The van der Waals surface area contributed by atoms with Crippen molar-refractivity contribution < 1.29 is 9.72 Å². The van der Waals surface area contributed by atoms with Crippen LogP contribution < -0.4 is 21.0 Å². The summed E-state index contributed by atoms with van der Waals surface area (Å²) in [5.74, 6) is 0.982. The van der Waals surface area contributed by atoms with Crippen molar-refractivity contribution in [3.63, 3.8) is 0 Å². The molecule has 37 heavy (non-hydrogen) atoms. The molecule has 0 saturated carbocycles. The number of carbonyl (C=O) groups excluding carboxylic acids is 1. The van der Waals surface area contributed by atoms with Gasteiger partial charge in [-0.1, -0.05) is 25.0 Å². The highest BCUT2D eigenvalue weighted by Crippen LogP contribution is 2.22. The molecule has 2 aromatic carbocycles. The van der Waals surface area contributed by atoms with Crippen molar-refractivity contribution in [2.75, 3.05) is 34.0 Å². The van der Waals surface area contributed by atoms with Gasteiger partial charge in [-0.15, -0.1) is 0 Å². The van der Waals surface area contributed by atoms with E-state index in [0.29, 0.717) is 29.0 Å². The summed E-state index contributed by atoms with van der Waals surface area (Å²) in [6, 6.07) is 13.4. The second kappa shape index (κ2) is 11.9. The first kappa shape index (κ1) is 25.5. The average molecular weight is 504 g/mol. The number of aromatic nitrogens is 3. The quantitative estimate of drug-likeness (QED) is 0.226. The van der Waals surface area contributed by atoms with Gasteiger partial charge in [0.1, 0.15) is 0 Å². The Morgan fingerprint density at radius 3 is 2.14 bits per heavy atom. The fourth-order valence-electron chi connectivity index (χ4n) is 3.87. The van der Waals surface area contributed by atoms with E-state index >= 15 is 0 Å². The molecule has 1 saturated heterocycles. The fraction of sp³-hybridized carbons (Fsp3) is 0.320. The van der Waals surface area contributed by atoms with Crippen molar-refractivity contribution >= 4 is 46.5 Å². The third-order valence-electron chi connectivity index (χ3n) is 5.79. The molecule has 1 aliphatic rings. The number of hydrazone groups is 1. The highest BCUT2D eigenvalue weighted by Gasteiger charge is 2.16. The minimum absolute atomic E-state index is 0.00345. The van der Waals surface area contributed by atoms with Gasteiger partial charge in [-0.3, -0.25) is 14.9 Å². The van der Waals surface area contributed by atoms with E-state index in [2.05, 4.69) is 41.0 Å². The predicted octanol–water partition coefficient (Wildman–Crippen LogP) is 4.70. The summed E-state index contributed by atoms with van der Waals surface area (Å²) in [6.07, 6.45) is 4.46. The first-order valence-corrected chi connectivity index (χ1v) is 12.1. The Morgan fingerprint density at radius 2 is 1.51 bits per heavy atom. The fourth-order valence-corrected chi connectivity index (χ4v) is 3.87. The maximum absolute atomic E-state index is 11.2. The first-order valence-electron chi connectivity index (χ1n) is 12.1. The molecule has 12 heteroatoms. The van der Waals surface area contributed by atoms with Crippen LogP contribution in [-0.4, -0.2) is 44.6 Å². The Bertz CT molecular complexity index is 1270. The number of non-ortho nitro benzene ring substituents is 1. The van der Waals surface area contributed by atoms with Crippen LogP contribution in [0.2, 0.25) is 0 Å². The van der Waals surface area contributed by atoms with Crippen molar-refractivity contribution in [3.05, 3.63) is 64.2 Å². The maximum atomic E-state index is 11.2.